The third-order valence-electron chi connectivity index (χ3n) is 3.86. The Labute approximate surface area is 107 Å². The maximum Gasteiger partial charge on any atom is 0.243 e. The zero-order valence-corrected chi connectivity index (χ0v) is 10.4. The predicted octanol–water partition coefficient (Wildman–Crippen LogP) is 2.84. The third kappa shape index (κ3) is 2.45. The average Bonchev–Trinajstić information content (AvgIpc) is 3.05. The Balaban J connectivity index is 1.55. The number of carbonyl (C=O) groups is 1. The molecule has 94 valence electrons. The second-order valence-corrected chi connectivity index (χ2v) is 5.22. The first-order valence-electron chi connectivity index (χ1n) is 6.75. The van der Waals surface area contributed by atoms with Crippen molar-refractivity contribution in [1.29, 1.82) is 0 Å². The molecule has 3 rings (SSSR count). The van der Waals surface area contributed by atoms with Crippen LogP contribution in [-0.4, -0.2) is 11.6 Å². The number of nitrogens with zero attached hydrogens (tertiary/aromatic N) is 1. The van der Waals surface area contributed by atoms with Crippen molar-refractivity contribution in [1.82, 2.24) is 5.43 Å². The standard InChI is InChI=1S/C15H18N2O/c18-15(17-16-12-8-4-5-9-12)14-10-13(14)11-6-2-1-3-7-11/h1-3,6-7,13-14H,4-5,8-10H2,(H,17,18). The topological polar surface area (TPSA) is 41.5 Å². The molecule has 1 aromatic rings. The van der Waals surface area contributed by atoms with E-state index in [2.05, 4.69) is 22.7 Å². The maximum absolute atomic E-state index is 11.9. The van der Waals surface area contributed by atoms with E-state index in [1.54, 1.807) is 0 Å². The maximum atomic E-state index is 11.9. The van der Waals surface area contributed by atoms with Gasteiger partial charge in [0.2, 0.25) is 5.91 Å². The van der Waals surface area contributed by atoms with Crippen molar-refractivity contribution in [3.05, 3.63) is 35.9 Å². The first-order chi connectivity index (χ1) is 8.84. The third-order valence-corrected chi connectivity index (χ3v) is 3.86. The molecule has 0 heterocycles. The highest BCUT2D eigenvalue weighted by molar-refractivity contribution is 5.89. The van der Waals surface area contributed by atoms with Crippen molar-refractivity contribution in [2.45, 2.75) is 38.0 Å². The number of nitrogens with one attached hydrogen (secondary N) is 1. The van der Waals surface area contributed by atoms with Gasteiger partial charge in [0.05, 0.1) is 0 Å². The fourth-order valence-corrected chi connectivity index (χ4v) is 2.67. The lowest BCUT2D eigenvalue weighted by Crippen LogP contribution is -2.21. The summed E-state index contributed by atoms with van der Waals surface area (Å²) in [4.78, 5) is 11.9. The van der Waals surface area contributed by atoms with Gasteiger partial charge in [0.25, 0.3) is 0 Å². The zero-order chi connectivity index (χ0) is 12.4. The minimum absolute atomic E-state index is 0.0863. The number of amides is 1. The molecule has 0 saturated heterocycles. The summed E-state index contributed by atoms with van der Waals surface area (Å²) in [6, 6.07) is 10.3. The lowest BCUT2D eigenvalue weighted by molar-refractivity contribution is -0.122. The van der Waals surface area contributed by atoms with Crippen LogP contribution in [0.2, 0.25) is 0 Å². The van der Waals surface area contributed by atoms with Crippen molar-refractivity contribution < 1.29 is 4.79 Å². The van der Waals surface area contributed by atoms with Crippen molar-refractivity contribution in [3.63, 3.8) is 0 Å². The van der Waals surface area contributed by atoms with Gasteiger partial charge in [-0.05, 0) is 43.6 Å². The van der Waals surface area contributed by atoms with E-state index in [4.69, 9.17) is 0 Å². The SMILES string of the molecule is O=C(NN=C1CCCC1)C1CC1c1ccccc1. The Morgan fingerprint density at radius 2 is 1.89 bits per heavy atom. The Morgan fingerprint density at radius 1 is 1.17 bits per heavy atom. The molecule has 2 atom stereocenters. The summed E-state index contributed by atoms with van der Waals surface area (Å²) >= 11 is 0. The summed E-state index contributed by atoms with van der Waals surface area (Å²) < 4.78 is 0. The van der Waals surface area contributed by atoms with Gasteiger partial charge in [-0.3, -0.25) is 4.79 Å². The monoisotopic (exact) mass is 242 g/mol. The van der Waals surface area contributed by atoms with Gasteiger partial charge in [0.1, 0.15) is 0 Å². The lowest BCUT2D eigenvalue weighted by atomic mass is 10.1. The number of benzene rings is 1. The molecule has 0 aliphatic heterocycles. The van der Waals surface area contributed by atoms with Gasteiger partial charge in [0.15, 0.2) is 0 Å². The van der Waals surface area contributed by atoms with E-state index >= 15 is 0 Å². The van der Waals surface area contributed by atoms with E-state index in [1.165, 1.54) is 18.4 Å². The second kappa shape index (κ2) is 4.92. The molecule has 1 amide bonds. The molecule has 0 aromatic heterocycles. The van der Waals surface area contributed by atoms with Crippen LogP contribution in [0.1, 0.15) is 43.6 Å². The minimum atomic E-state index is 0.0863. The molecule has 1 N–H and O–H groups in total. The molecule has 0 radical (unpaired) electrons. The van der Waals surface area contributed by atoms with Crippen molar-refractivity contribution in [3.8, 4) is 0 Å². The van der Waals surface area contributed by atoms with E-state index in [0.29, 0.717) is 5.92 Å². The second-order valence-electron chi connectivity index (χ2n) is 5.22. The number of rotatable bonds is 3. The Hall–Kier alpha value is -1.64. The number of hydrogen-bond acceptors (Lipinski definition) is 2. The summed E-state index contributed by atoms with van der Waals surface area (Å²) in [6.45, 7) is 0. The number of hydrogen-bond donors (Lipinski definition) is 1. The van der Waals surface area contributed by atoms with Crippen LogP contribution in [0.15, 0.2) is 35.4 Å². The summed E-state index contributed by atoms with van der Waals surface area (Å²) in [5, 5.41) is 4.23. The minimum Gasteiger partial charge on any atom is -0.273 e. The van der Waals surface area contributed by atoms with Crippen LogP contribution in [-0.2, 0) is 4.79 Å². The lowest BCUT2D eigenvalue weighted by Gasteiger charge is -2.01. The number of hydrazone groups is 1. The van der Waals surface area contributed by atoms with Crippen molar-refractivity contribution in [2.24, 2.45) is 11.0 Å². The molecule has 1 aromatic carbocycles. The average molecular weight is 242 g/mol. The smallest absolute Gasteiger partial charge is 0.243 e. The number of carbonyl (C=O) groups excluding carboxylic acids is 1. The summed E-state index contributed by atoms with van der Waals surface area (Å²) in [5.74, 6) is 0.608. The molecule has 2 aliphatic rings. The van der Waals surface area contributed by atoms with Crippen molar-refractivity contribution in [2.75, 3.05) is 0 Å². The first-order valence-corrected chi connectivity index (χ1v) is 6.75. The molecule has 2 aliphatic carbocycles. The van der Waals surface area contributed by atoms with E-state index in [9.17, 15) is 4.79 Å². The van der Waals surface area contributed by atoms with Crippen LogP contribution >= 0.6 is 0 Å². The summed E-state index contributed by atoms with van der Waals surface area (Å²) in [6.07, 6.45) is 5.48. The molecule has 3 heteroatoms. The molecule has 18 heavy (non-hydrogen) atoms. The fourth-order valence-electron chi connectivity index (χ4n) is 2.67. The first kappa shape index (κ1) is 11.5. The molecule has 2 unspecified atom stereocenters. The molecular weight excluding hydrogens is 224 g/mol. The Morgan fingerprint density at radius 3 is 2.61 bits per heavy atom. The van der Waals surface area contributed by atoms with Gasteiger partial charge >= 0.3 is 0 Å². The van der Waals surface area contributed by atoms with Crippen LogP contribution in [0.5, 0.6) is 0 Å². The Kier molecular flexibility index (Phi) is 3.13. The molecule has 2 saturated carbocycles. The van der Waals surface area contributed by atoms with Crippen molar-refractivity contribution >= 4 is 11.6 Å². The predicted molar refractivity (Wildman–Crippen MR) is 71.3 cm³/mol. The molecule has 2 fully saturated rings. The van der Waals surface area contributed by atoms with Crippen LogP contribution in [0.25, 0.3) is 0 Å². The van der Waals surface area contributed by atoms with Gasteiger partial charge in [-0.25, -0.2) is 5.43 Å². The Bertz CT molecular complexity index is 459. The van der Waals surface area contributed by atoms with Gasteiger partial charge in [-0.15, -0.1) is 0 Å². The van der Waals surface area contributed by atoms with Gasteiger partial charge in [-0.1, -0.05) is 30.3 Å². The van der Waals surface area contributed by atoms with E-state index < -0.39 is 0 Å². The highest BCUT2D eigenvalue weighted by atomic mass is 16.2. The highest BCUT2D eigenvalue weighted by Gasteiger charge is 2.43. The van der Waals surface area contributed by atoms with E-state index in [0.717, 1.165) is 25.0 Å². The largest absolute Gasteiger partial charge is 0.273 e. The van der Waals surface area contributed by atoms with E-state index in [-0.39, 0.29) is 11.8 Å². The molecule has 3 nitrogen and oxygen atoms in total. The van der Waals surface area contributed by atoms with Crippen LogP contribution < -0.4 is 5.43 Å². The molecule has 0 bridgehead atoms. The summed E-state index contributed by atoms with van der Waals surface area (Å²) in [5.41, 5.74) is 5.16. The summed E-state index contributed by atoms with van der Waals surface area (Å²) in [7, 11) is 0. The van der Waals surface area contributed by atoms with Crippen LogP contribution in [0, 0.1) is 5.92 Å². The van der Waals surface area contributed by atoms with Crippen LogP contribution in [0.3, 0.4) is 0 Å². The van der Waals surface area contributed by atoms with Gasteiger partial charge in [0, 0.05) is 11.6 Å². The quantitative estimate of drug-likeness (QED) is 0.814. The van der Waals surface area contributed by atoms with E-state index in [1.807, 2.05) is 18.2 Å². The van der Waals surface area contributed by atoms with Crippen LogP contribution in [0.4, 0.5) is 0 Å². The molecular formula is C15H18N2O. The van der Waals surface area contributed by atoms with Gasteiger partial charge < -0.3 is 0 Å². The normalized spacial score (nSPS) is 25.9. The highest BCUT2D eigenvalue weighted by Crippen LogP contribution is 2.47. The molecule has 0 spiro atoms. The zero-order valence-electron chi connectivity index (χ0n) is 10.4. The fraction of sp³-hybridized carbons (Fsp3) is 0.467. The van der Waals surface area contributed by atoms with Gasteiger partial charge in [-0.2, -0.15) is 5.10 Å².